The van der Waals surface area contributed by atoms with Gasteiger partial charge < -0.3 is 15.4 Å². The lowest BCUT2D eigenvalue weighted by Gasteiger charge is -2.38. The van der Waals surface area contributed by atoms with E-state index in [1.54, 1.807) is 13.1 Å². The van der Waals surface area contributed by atoms with Crippen LogP contribution in [-0.2, 0) is 26.2 Å². The van der Waals surface area contributed by atoms with Crippen LogP contribution in [0.1, 0.15) is 37.3 Å². The van der Waals surface area contributed by atoms with E-state index in [0.717, 1.165) is 6.07 Å². The van der Waals surface area contributed by atoms with Crippen molar-refractivity contribution in [3.8, 4) is 0 Å². The van der Waals surface area contributed by atoms with Gasteiger partial charge in [-0.2, -0.15) is 13.2 Å². The number of halogens is 3. The van der Waals surface area contributed by atoms with Gasteiger partial charge in [0, 0.05) is 44.5 Å². The van der Waals surface area contributed by atoms with Crippen LogP contribution >= 0.6 is 0 Å². The van der Waals surface area contributed by atoms with Crippen molar-refractivity contribution in [2.75, 3.05) is 38.8 Å². The van der Waals surface area contributed by atoms with E-state index in [-0.39, 0.29) is 11.8 Å². The van der Waals surface area contributed by atoms with Crippen LogP contribution in [0.5, 0.6) is 0 Å². The molecule has 0 radical (unpaired) electrons. The number of aliphatic imine (C=N–C) groups is 1. The lowest BCUT2D eigenvalue weighted by atomic mass is 9.73. The molecule has 30 heavy (non-hydrogen) atoms. The first-order valence-electron chi connectivity index (χ1n) is 9.86. The Hall–Kier alpha value is -1.81. The van der Waals surface area contributed by atoms with Crippen molar-refractivity contribution >= 4 is 15.8 Å². The minimum absolute atomic E-state index is 0.0592. The number of hydrogen-bond acceptors (Lipinski definition) is 4. The summed E-state index contributed by atoms with van der Waals surface area (Å²) in [6.07, 6.45) is -1.62. The fourth-order valence-electron chi connectivity index (χ4n) is 3.50. The second-order valence-corrected chi connectivity index (χ2v) is 10.1. The zero-order valence-corrected chi connectivity index (χ0v) is 18.4. The standard InChI is InChI=1S/C20H30F3N3O3S/c1-15(7-12-30(3,27)28)26-18(24-2)25-14-19(8-10-29-11-9-19)16-5-4-6-17(13-16)20(21,22)23/h4-6,13,15H,7-12,14H2,1-3H3,(H2,24,25,26). The highest BCUT2D eigenvalue weighted by Crippen LogP contribution is 2.37. The summed E-state index contributed by atoms with van der Waals surface area (Å²) in [5.41, 5.74) is -0.566. The number of ether oxygens (including phenoxy) is 1. The van der Waals surface area contributed by atoms with Crippen molar-refractivity contribution in [2.45, 2.75) is 43.8 Å². The minimum atomic E-state index is -4.40. The van der Waals surface area contributed by atoms with Crippen molar-refractivity contribution in [1.29, 1.82) is 0 Å². The number of nitrogens with zero attached hydrogens (tertiary/aromatic N) is 1. The molecule has 0 amide bonds. The summed E-state index contributed by atoms with van der Waals surface area (Å²) < 4.78 is 67.8. The summed E-state index contributed by atoms with van der Waals surface area (Å²) in [5.74, 6) is 0.540. The number of sulfone groups is 1. The van der Waals surface area contributed by atoms with Gasteiger partial charge in [-0.3, -0.25) is 4.99 Å². The first-order valence-corrected chi connectivity index (χ1v) is 11.9. The number of benzene rings is 1. The first kappa shape index (κ1) is 24.5. The molecule has 0 bridgehead atoms. The van der Waals surface area contributed by atoms with Gasteiger partial charge in [0.25, 0.3) is 0 Å². The van der Waals surface area contributed by atoms with Crippen LogP contribution in [0.2, 0.25) is 0 Å². The smallest absolute Gasteiger partial charge is 0.381 e. The highest BCUT2D eigenvalue weighted by atomic mass is 32.2. The molecule has 1 fully saturated rings. The van der Waals surface area contributed by atoms with Crippen LogP contribution in [0, 0.1) is 0 Å². The first-order chi connectivity index (χ1) is 14.0. The fraction of sp³-hybridized carbons (Fsp3) is 0.650. The second kappa shape index (κ2) is 10.00. The molecule has 0 aromatic heterocycles. The molecule has 10 heteroatoms. The largest absolute Gasteiger partial charge is 0.416 e. The average Bonchev–Trinajstić information content (AvgIpc) is 2.69. The van der Waals surface area contributed by atoms with Gasteiger partial charge in [-0.25, -0.2) is 8.42 Å². The third-order valence-corrected chi connectivity index (χ3v) is 6.35. The van der Waals surface area contributed by atoms with Crippen LogP contribution < -0.4 is 10.6 Å². The molecule has 1 aromatic carbocycles. The molecular formula is C20H30F3N3O3S. The molecule has 0 spiro atoms. The van der Waals surface area contributed by atoms with Crippen LogP contribution in [0.15, 0.2) is 29.3 Å². The minimum Gasteiger partial charge on any atom is -0.381 e. The van der Waals surface area contributed by atoms with E-state index in [0.29, 0.717) is 50.5 Å². The highest BCUT2D eigenvalue weighted by molar-refractivity contribution is 7.90. The monoisotopic (exact) mass is 449 g/mol. The Morgan fingerprint density at radius 3 is 2.53 bits per heavy atom. The Balaban J connectivity index is 2.13. The SMILES string of the molecule is CN=C(NCC1(c2cccc(C(F)(F)F)c2)CCOCC1)NC(C)CCS(C)(=O)=O. The number of nitrogens with one attached hydrogen (secondary N) is 2. The van der Waals surface area contributed by atoms with Crippen molar-refractivity contribution in [2.24, 2.45) is 4.99 Å². The second-order valence-electron chi connectivity index (χ2n) is 7.86. The Morgan fingerprint density at radius 1 is 1.30 bits per heavy atom. The summed E-state index contributed by atoms with van der Waals surface area (Å²) >= 11 is 0. The maximum absolute atomic E-state index is 13.2. The summed E-state index contributed by atoms with van der Waals surface area (Å²) in [7, 11) is -1.46. The van der Waals surface area contributed by atoms with E-state index in [1.807, 2.05) is 6.92 Å². The van der Waals surface area contributed by atoms with Crippen LogP contribution in [0.4, 0.5) is 13.2 Å². The molecule has 2 N–H and O–H groups in total. The Labute approximate surface area is 176 Å². The number of hydrogen-bond donors (Lipinski definition) is 2. The molecular weight excluding hydrogens is 419 g/mol. The van der Waals surface area contributed by atoms with Gasteiger partial charge in [-0.1, -0.05) is 18.2 Å². The van der Waals surface area contributed by atoms with Gasteiger partial charge >= 0.3 is 6.18 Å². The third-order valence-electron chi connectivity index (χ3n) is 5.37. The molecule has 0 saturated carbocycles. The molecule has 1 atom stereocenters. The Morgan fingerprint density at radius 2 is 1.97 bits per heavy atom. The van der Waals surface area contributed by atoms with Crippen LogP contribution in [-0.4, -0.2) is 59.2 Å². The summed E-state index contributed by atoms with van der Waals surface area (Å²) in [4.78, 5) is 4.17. The number of rotatable bonds is 7. The Bertz CT molecular complexity index is 835. The van der Waals surface area contributed by atoms with Gasteiger partial charge in [0.05, 0.1) is 11.3 Å². The van der Waals surface area contributed by atoms with E-state index in [4.69, 9.17) is 4.74 Å². The van der Waals surface area contributed by atoms with E-state index < -0.39 is 27.0 Å². The molecule has 6 nitrogen and oxygen atoms in total. The van der Waals surface area contributed by atoms with E-state index >= 15 is 0 Å². The molecule has 1 unspecified atom stereocenters. The summed E-state index contributed by atoms with van der Waals surface area (Å²) in [5, 5.41) is 6.36. The van der Waals surface area contributed by atoms with Crippen molar-refractivity contribution in [3.63, 3.8) is 0 Å². The molecule has 1 heterocycles. The summed E-state index contributed by atoms with van der Waals surface area (Å²) in [6.45, 7) is 3.18. The summed E-state index contributed by atoms with van der Waals surface area (Å²) in [6, 6.07) is 5.33. The van der Waals surface area contributed by atoms with E-state index in [9.17, 15) is 21.6 Å². The van der Waals surface area contributed by atoms with E-state index in [1.165, 1.54) is 18.4 Å². The average molecular weight is 450 g/mol. The zero-order chi connectivity index (χ0) is 22.4. The normalized spacial score (nSPS) is 18.7. The van der Waals surface area contributed by atoms with Gasteiger partial charge in [-0.15, -0.1) is 0 Å². The molecule has 1 aromatic rings. The van der Waals surface area contributed by atoms with Gasteiger partial charge in [0.1, 0.15) is 9.84 Å². The number of guanidine groups is 1. The molecule has 2 rings (SSSR count). The molecule has 1 saturated heterocycles. The maximum atomic E-state index is 13.2. The third kappa shape index (κ3) is 7.16. The maximum Gasteiger partial charge on any atom is 0.416 e. The number of alkyl halides is 3. The van der Waals surface area contributed by atoms with Crippen molar-refractivity contribution < 1.29 is 26.3 Å². The Kier molecular flexibility index (Phi) is 8.15. The van der Waals surface area contributed by atoms with Gasteiger partial charge in [0.2, 0.25) is 0 Å². The molecule has 0 aliphatic carbocycles. The van der Waals surface area contributed by atoms with Crippen molar-refractivity contribution in [3.05, 3.63) is 35.4 Å². The van der Waals surface area contributed by atoms with E-state index in [2.05, 4.69) is 15.6 Å². The van der Waals surface area contributed by atoms with Crippen LogP contribution in [0.3, 0.4) is 0 Å². The molecule has 170 valence electrons. The van der Waals surface area contributed by atoms with Crippen molar-refractivity contribution in [1.82, 2.24) is 10.6 Å². The van der Waals surface area contributed by atoms with Gasteiger partial charge in [-0.05, 0) is 37.8 Å². The molecule has 1 aliphatic rings. The zero-order valence-electron chi connectivity index (χ0n) is 17.6. The topological polar surface area (TPSA) is 79.8 Å². The van der Waals surface area contributed by atoms with Crippen LogP contribution in [0.25, 0.3) is 0 Å². The fourth-order valence-corrected chi connectivity index (χ4v) is 4.28. The molecule has 1 aliphatic heterocycles. The van der Waals surface area contributed by atoms with Gasteiger partial charge in [0.15, 0.2) is 5.96 Å². The lowest BCUT2D eigenvalue weighted by molar-refractivity contribution is -0.137. The predicted molar refractivity (Wildman–Crippen MR) is 111 cm³/mol. The predicted octanol–water partition coefficient (Wildman–Crippen LogP) is 2.74. The highest BCUT2D eigenvalue weighted by Gasteiger charge is 2.37. The quantitative estimate of drug-likeness (QED) is 0.494. The lowest BCUT2D eigenvalue weighted by Crippen LogP contribution is -2.50.